The van der Waals surface area contributed by atoms with Crippen LogP contribution in [0, 0.1) is 0 Å². The van der Waals surface area contributed by atoms with Crippen molar-refractivity contribution in [2.75, 3.05) is 0 Å². The molecule has 2 aliphatic rings. The summed E-state index contributed by atoms with van der Waals surface area (Å²) in [7, 11) is 0. The maximum atomic E-state index is 6.05. The zero-order chi connectivity index (χ0) is 14.8. The van der Waals surface area contributed by atoms with E-state index in [0.29, 0.717) is 11.2 Å². The fourth-order valence-corrected chi connectivity index (χ4v) is 4.21. The van der Waals surface area contributed by atoms with Gasteiger partial charge in [0.15, 0.2) is 0 Å². The number of piperidine rings is 1. The van der Waals surface area contributed by atoms with Crippen LogP contribution in [0.15, 0.2) is 0 Å². The van der Waals surface area contributed by atoms with E-state index in [1.54, 1.807) is 0 Å². The summed E-state index contributed by atoms with van der Waals surface area (Å²) in [6.07, 6.45) is 8.67. The quantitative estimate of drug-likeness (QED) is 0.764. The summed E-state index contributed by atoms with van der Waals surface area (Å²) in [4.78, 5) is 0. The highest BCUT2D eigenvalue weighted by Gasteiger charge is 2.39. The lowest BCUT2D eigenvalue weighted by atomic mass is 9.81. The number of hydrogen-bond acceptors (Lipinski definition) is 3. The molecule has 1 aliphatic heterocycles. The second kappa shape index (κ2) is 6.18. The Kier molecular flexibility index (Phi) is 4.96. The minimum Gasteiger partial charge on any atom is -0.468 e. The van der Waals surface area contributed by atoms with Gasteiger partial charge in [0.05, 0.1) is 0 Å². The molecule has 0 amide bonds. The minimum atomic E-state index is 0.104. The van der Waals surface area contributed by atoms with Gasteiger partial charge >= 0.3 is 0 Å². The summed E-state index contributed by atoms with van der Waals surface area (Å²) in [5.74, 6) is 0. The molecular weight excluding hydrogens is 268 g/mol. The van der Waals surface area contributed by atoms with Crippen molar-refractivity contribution in [1.82, 2.24) is 10.6 Å². The molecule has 2 N–H and O–H groups in total. The van der Waals surface area contributed by atoms with Crippen LogP contribution in [0.3, 0.4) is 0 Å². The second-order valence-corrected chi connectivity index (χ2v) is 8.18. The Hall–Kier alpha value is -0.350. The third kappa shape index (κ3) is 4.88. The van der Waals surface area contributed by atoms with Crippen molar-refractivity contribution in [2.45, 2.75) is 95.9 Å². The van der Waals surface area contributed by atoms with E-state index >= 15 is 0 Å². The lowest BCUT2D eigenvalue weighted by Crippen LogP contribution is -2.60. The Morgan fingerprint density at radius 2 is 1.60 bits per heavy atom. The summed E-state index contributed by atoms with van der Waals surface area (Å²) in [6, 6.07) is 0.527. The minimum absolute atomic E-state index is 0.104. The fourth-order valence-electron chi connectivity index (χ4n) is 3.91. The van der Waals surface area contributed by atoms with Crippen molar-refractivity contribution in [1.29, 1.82) is 0 Å². The van der Waals surface area contributed by atoms with E-state index in [4.69, 9.17) is 17.0 Å². The lowest BCUT2D eigenvalue weighted by Gasteiger charge is -2.46. The molecule has 0 aromatic heterocycles. The fraction of sp³-hybridized carbons (Fsp3) is 0.938. The van der Waals surface area contributed by atoms with Crippen molar-refractivity contribution in [2.24, 2.45) is 0 Å². The Bertz CT molecular complexity index is 332. The van der Waals surface area contributed by atoms with Crippen molar-refractivity contribution >= 4 is 17.4 Å². The SMILES string of the molecule is CC1(C)CC(OC(=S)NC2CCCCC2)CC(C)(C)N1. The van der Waals surface area contributed by atoms with Crippen LogP contribution < -0.4 is 10.6 Å². The van der Waals surface area contributed by atoms with Crippen molar-refractivity contribution in [3.8, 4) is 0 Å². The van der Waals surface area contributed by atoms with Crippen LogP contribution in [-0.2, 0) is 4.74 Å². The average molecular weight is 298 g/mol. The molecule has 0 radical (unpaired) electrons. The van der Waals surface area contributed by atoms with E-state index in [0.717, 1.165) is 12.8 Å². The predicted molar refractivity (Wildman–Crippen MR) is 88.0 cm³/mol. The number of rotatable bonds is 2. The molecule has 2 fully saturated rings. The summed E-state index contributed by atoms with van der Waals surface area (Å²) in [6.45, 7) is 8.95. The normalized spacial score (nSPS) is 27.0. The Morgan fingerprint density at radius 1 is 1.05 bits per heavy atom. The monoisotopic (exact) mass is 298 g/mol. The van der Waals surface area contributed by atoms with Gasteiger partial charge in [-0.2, -0.15) is 0 Å². The summed E-state index contributed by atoms with van der Waals surface area (Å²) >= 11 is 5.41. The lowest BCUT2D eigenvalue weighted by molar-refractivity contribution is 0.0466. The van der Waals surface area contributed by atoms with Gasteiger partial charge in [0.25, 0.3) is 5.17 Å². The number of hydrogen-bond donors (Lipinski definition) is 2. The standard InChI is InChI=1S/C16H30N2OS/c1-15(2)10-13(11-16(3,4)18-15)19-14(20)17-12-8-6-5-7-9-12/h12-13,18H,5-11H2,1-4H3,(H,17,20). The maximum Gasteiger partial charge on any atom is 0.257 e. The first kappa shape index (κ1) is 16.0. The van der Waals surface area contributed by atoms with E-state index in [1.165, 1.54) is 32.1 Å². The summed E-state index contributed by atoms with van der Waals surface area (Å²) < 4.78 is 6.05. The van der Waals surface area contributed by atoms with Gasteiger partial charge in [-0.15, -0.1) is 0 Å². The molecule has 1 saturated heterocycles. The van der Waals surface area contributed by atoms with Crippen molar-refractivity contribution in [3.05, 3.63) is 0 Å². The molecule has 116 valence electrons. The van der Waals surface area contributed by atoms with Crippen LogP contribution in [0.2, 0.25) is 0 Å². The smallest absolute Gasteiger partial charge is 0.257 e. The van der Waals surface area contributed by atoms with E-state index in [9.17, 15) is 0 Å². The Morgan fingerprint density at radius 3 is 2.15 bits per heavy atom. The molecule has 1 aliphatic carbocycles. The number of ether oxygens (including phenoxy) is 1. The molecule has 2 rings (SSSR count). The molecular formula is C16H30N2OS. The second-order valence-electron chi connectivity index (χ2n) is 7.81. The first-order valence-electron chi connectivity index (χ1n) is 8.02. The molecule has 0 unspecified atom stereocenters. The van der Waals surface area contributed by atoms with Gasteiger partial charge in [-0.3, -0.25) is 0 Å². The largest absolute Gasteiger partial charge is 0.468 e. The van der Waals surface area contributed by atoms with Crippen molar-refractivity contribution in [3.63, 3.8) is 0 Å². The van der Waals surface area contributed by atoms with Gasteiger partial charge in [0.2, 0.25) is 0 Å². The van der Waals surface area contributed by atoms with E-state index in [2.05, 4.69) is 38.3 Å². The topological polar surface area (TPSA) is 33.3 Å². The number of thiocarbonyl (C=S) groups is 1. The molecule has 20 heavy (non-hydrogen) atoms. The Balaban J connectivity index is 1.83. The molecule has 0 spiro atoms. The van der Waals surface area contributed by atoms with Crippen LogP contribution in [-0.4, -0.2) is 28.4 Å². The van der Waals surface area contributed by atoms with Crippen LogP contribution in [0.4, 0.5) is 0 Å². The average Bonchev–Trinajstić information content (AvgIpc) is 2.25. The summed E-state index contributed by atoms with van der Waals surface area (Å²) in [5, 5.41) is 7.69. The maximum absolute atomic E-state index is 6.05. The van der Waals surface area contributed by atoms with Gasteiger partial charge in [-0.25, -0.2) is 0 Å². The van der Waals surface area contributed by atoms with Crippen molar-refractivity contribution < 1.29 is 4.74 Å². The third-order valence-electron chi connectivity index (χ3n) is 4.35. The third-order valence-corrected chi connectivity index (χ3v) is 4.57. The Labute approximate surface area is 129 Å². The molecule has 0 aromatic carbocycles. The van der Waals surface area contributed by atoms with E-state index in [-0.39, 0.29) is 17.2 Å². The summed E-state index contributed by atoms with van der Waals surface area (Å²) in [5.41, 5.74) is 0.208. The molecule has 3 nitrogen and oxygen atoms in total. The zero-order valence-corrected chi connectivity index (χ0v) is 14.2. The molecule has 0 aromatic rings. The highest BCUT2D eigenvalue weighted by Crippen LogP contribution is 2.30. The molecule has 1 saturated carbocycles. The molecule has 0 atom stereocenters. The van der Waals surface area contributed by atoms with E-state index in [1.807, 2.05) is 0 Å². The zero-order valence-electron chi connectivity index (χ0n) is 13.4. The van der Waals surface area contributed by atoms with Gasteiger partial charge in [-0.1, -0.05) is 19.3 Å². The predicted octanol–water partition coefficient (Wildman–Crippen LogP) is 3.52. The van der Waals surface area contributed by atoms with Crippen LogP contribution in [0.1, 0.15) is 72.6 Å². The van der Waals surface area contributed by atoms with E-state index < -0.39 is 0 Å². The van der Waals surface area contributed by atoms with Gasteiger partial charge in [0, 0.05) is 30.0 Å². The first-order valence-corrected chi connectivity index (χ1v) is 8.43. The van der Waals surface area contributed by atoms with Crippen LogP contribution in [0.5, 0.6) is 0 Å². The van der Waals surface area contributed by atoms with Gasteiger partial charge in [-0.05, 0) is 52.8 Å². The van der Waals surface area contributed by atoms with Crippen LogP contribution >= 0.6 is 12.2 Å². The number of nitrogens with one attached hydrogen (secondary N) is 2. The highest BCUT2D eigenvalue weighted by molar-refractivity contribution is 7.80. The highest BCUT2D eigenvalue weighted by atomic mass is 32.1. The van der Waals surface area contributed by atoms with Gasteiger partial charge < -0.3 is 15.4 Å². The molecule has 4 heteroatoms. The first-order chi connectivity index (χ1) is 9.26. The molecule has 0 bridgehead atoms. The van der Waals surface area contributed by atoms with Crippen LogP contribution in [0.25, 0.3) is 0 Å². The van der Waals surface area contributed by atoms with Gasteiger partial charge in [0.1, 0.15) is 6.10 Å². The molecule has 1 heterocycles.